The molecule has 20 heavy (non-hydrogen) atoms. The Hall–Kier alpha value is -1.94. The fourth-order valence-corrected chi connectivity index (χ4v) is 2.19. The lowest BCUT2D eigenvalue weighted by Gasteiger charge is -2.13. The lowest BCUT2D eigenvalue weighted by Crippen LogP contribution is -2.15. The van der Waals surface area contributed by atoms with E-state index in [9.17, 15) is 18.7 Å². The lowest BCUT2D eigenvalue weighted by molar-refractivity contribution is -0.138. The van der Waals surface area contributed by atoms with Crippen LogP contribution in [0.1, 0.15) is 17.0 Å². The number of aliphatic carboxylic acids is 1. The molecule has 1 N–H and O–H groups in total. The van der Waals surface area contributed by atoms with Crippen molar-refractivity contribution in [1.82, 2.24) is 0 Å². The van der Waals surface area contributed by atoms with Gasteiger partial charge in [-0.25, -0.2) is 8.78 Å². The number of carboxylic acid groups (broad SMARTS) is 1. The van der Waals surface area contributed by atoms with Crippen molar-refractivity contribution in [2.75, 3.05) is 0 Å². The van der Waals surface area contributed by atoms with Crippen molar-refractivity contribution in [3.8, 4) is 0 Å². The molecule has 0 fully saturated rings. The van der Waals surface area contributed by atoms with Crippen LogP contribution in [0.15, 0.2) is 42.5 Å². The third-order valence-electron chi connectivity index (χ3n) is 2.98. The van der Waals surface area contributed by atoms with Crippen LogP contribution in [0, 0.1) is 11.6 Å². The van der Waals surface area contributed by atoms with E-state index in [1.54, 1.807) is 0 Å². The molecule has 0 aromatic heterocycles. The quantitative estimate of drug-likeness (QED) is 0.925. The molecule has 0 radical (unpaired) electrons. The monoisotopic (exact) mass is 296 g/mol. The van der Waals surface area contributed by atoms with Gasteiger partial charge in [-0.3, -0.25) is 4.79 Å². The molecule has 0 aliphatic heterocycles. The van der Waals surface area contributed by atoms with Gasteiger partial charge < -0.3 is 5.11 Å². The molecule has 2 aromatic rings. The summed E-state index contributed by atoms with van der Waals surface area (Å²) < 4.78 is 26.8. The van der Waals surface area contributed by atoms with Crippen LogP contribution in [0.25, 0.3) is 0 Å². The van der Waals surface area contributed by atoms with Crippen molar-refractivity contribution >= 4 is 17.6 Å². The molecule has 2 nitrogen and oxygen atoms in total. The topological polar surface area (TPSA) is 37.3 Å². The Balaban J connectivity index is 2.35. The van der Waals surface area contributed by atoms with E-state index >= 15 is 0 Å². The molecule has 1 atom stereocenters. The Morgan fingerprint density at radius 3 is 2.60 bits per heavy atom. The molecule has 5 heteroatoms. The van der Waals surface area contributed by atoms with Crippen molar-refractivity contribution in [3.63, 3.8) is 0 Å². The first kappa shape index (κ1) is 14.5. The van der Waals surface area contributed by atoms with Gasteiger partial charge in [-0.05, 0) is 47.9 Å². The molecular formula is C15H11ClF2O2. The summed E-state index contributed by atoms with van der Waals surface area (Å²) in [5.41, 5.74) is 0.478. The van der Waals surface area contributed by atoms with E-state index in [1.807, 2.05) is 0 Å². The third-order valence-corrected chi connectivity index (χ3v) is 3.22. The molecule has 2 aromatic carbocycles. The summed E-state index contributed by atoms with van der Waals surface area (Å²) in [6, 6.07) is 9.25. The zero-order valence-electron chi connectivity index (χ0n) is 10.3. The highest BCUT2D eigenvalue weighted by molar-refractivity contribution is 6.30. The van der Waals surface area contributed by atoms with E-state index in [4.69, 9.17) is 11.6 Å². The molecule has 0 bridgehead atoms. The van der Waals surface area contributed by atoms with E-state index < -0.39 is 23.5 Å². The summed E-state index contributed by atoms with van der Waals surface area (Å²) in [6.07, 6.45) is -0.0921. The zero-order chi connectivity index (χ0) is 14.7. The maximum atomic E-state index is 13.7. The van der Waals surface area contributed by atoms with Gasteiger partial charge in [-0.15, -0.1) is 0 Å². The predicted octanol–water partition coefficient (Wildman–Crippen LogP) is 4.03. The van der Waals surface area contributed by atoms with Crippen LogP contribution in [0.5, 0.6) is 0 Å². The Kier molecular flexibility index (Phi) is 4.35. The third kappa shape index (κ3) is 3.33. The second-order valence-corrected chi connectivity index (χ2v) is 4.82. The SMILES string of the molecule is O=C(O)C(Cc1cc(Cl)ccc1F)c1cccc(F)c1. The van der Waals surface area contributed by atoms with Gasteiger partial charge in [0, 0.05) is 5.02 Å². The lowest BCUT2D eigenvalue weighted by atomic mass is 9.92. The number of rotatable bonds is 4. The average molecular weight is 297 g/mol. The van der Waals surface area contributed by atoms with Gasteiger partial charge in [-0.1, -0.05) is 23.7 Å². The molecule has 0 saturated carbocycles. The highest BCUT2D eigenvalue weighted by Gasteiger charge is 2.22. The second-order valence-electron chi connectivity index (χ2n) is 4.39. The first-order chi connectivity index (χ1) is 9.47. The molecule has 0 spiro atoms. The summed E-state index contributed by atoms with van der Waals surface area (Å²) in [5.74, 6) is -3.23. The fraction of sp³-hybridized carbons (Fsp3) is 0.133. The highest BCUT2D eigenvalue weighted by atomic mass is 35.5. The minimum atomic E-state index is -1.14. The van der Waals surface area contributed by atoms with Crippen molar-refractivity contribution < 1.29 is 18.7 Å². The molecular weight excluding hydrogens is 286 g/mol. The molecule has 0 amide bonds. The van der Waals surface area contributed by atoms with Crippen LogP contribution >= 0.6 is 11.6 Å². The molecule has 0 aliphatic rings. The molecule has 0 saturated heterocycles. The molecule has 2 rings (SSSR count). The first-order valence-electron chi connectivity index (χ1n) is 5.89. The molecule has 104 valence electrons. The second kappa shape index (κ2) is 6.01. The standard InChI is InChI=1S/C15H11ClF2O2/c16-11-4-5-14(18)10(6-11)8-13(15(19)20)9-2-1-3-12(17)7-9/h1-7,13H,8H2,(H,19,20). The van der Waals surface area contributed by atoms with Crippen LogP contribution < -0.4 is 0 Å². The molecule has 0 heterocycles. The zero-order valence-corrected chi connectivity index (χ0v) is 11.1. The van der Waals surface area contributed by atoms with Crippen molar-refractivity contribution in [1.29, 1.82) is 0 Å². The van der Waals surface area contributed by atoms with E-state index in [-0.39, 0.29) is 17.5 Å². The molecule has 0 aliphatic carbocycles. The first-order valence-corrected chi connectivity index (χ1v) is 6.27. The van der Waals surface area contributed by atoms with Crippen molar-refractivity contribution in [3.05, 3.63) is 70.2 Å². The number of halogens is 3. The Morgan fingerprint density at radius 1 is 1.20 bits per heavy atom. The maximum Gasteiger partial charge on any atom is 0.311 e. The largest absolute Gasteiger partial charge is 0.481 e. The van der Waals surface area contributed by atoms with Gasteiger partial charge in [0.15, 0.2) is 0 Å². The maximum absolute atomic E-state index is 13.7. The van der Waals surface area contributed by atoms with Gasteiger partial charge in [0.05, 0.1) is 5.92 Å². The van der Waals surface area contributed by atoms with Crippen molar-refractivity contribution in [2.45, 2.75) is 12.3 Å². The van der Waals surface area contributed by atoms with Crippen LogP contribution in [0.3, 0.4) is 0 Å². The number of hydrogen-bond donors (Lipinski definition) is 1. The van der Waals surface area contributed by atoms with Crippen LogP contribution in [0.4, 0.5) is 8.78 Å². The van der Waals surface area contributed by atoms with Crippen LogP contribution in [-0.4, -0.2) is 11.1 Å². The van der Waals surface area contributed by atoms with Gasteiger partial charge in [0.2, 0.25) is 0 Å². The van der Waals surface area contributed by atoms with Crippen LogP contribution in [0.2, 0.25) is 5.02 Å². The summed E-state index contributed by atoms with van der Waals surface area (Å²) in [7, 11) is 0. The fourth-order valence-electron chi connectivity index (χ4n) is 1.99. The normalized spacial score (nSPS) is 12.2. The highest BCUT2D eigenvalue weighted by Crippen LogP contribution is 2.25. The summed E-state index contributed by atoms with van der Waals surface area (Å²) >= 11 is 5.78. The van der Waals surface area contributed by atoms with Gasteiger partial charge >= 0.3 is 5.97 Å². The average Bonchev–Trinajstić information content (AvgIpc) is 2.39. The van der Waals surface area contributed by atoms with Crippen molar-refractivity contribution in [2.24, 2.45) is 0 Å². The predicted molar refractivity (Wildman–Crippen MR) is 71.9 cm³/mol. The summed E-state index contributed by atoms with van der Waals surface area (Å²) in [6.45, 7) is 0. The number of hydrogen-bond acceptors (Lipinski definition) is 1. The Morgan fingerprint density at radius 2 is 1.95 bits per heavy atom. The van der Waals surface area contributed by atoms with Gasteiger partial charge in [0.1, 0.15) is 11.6 Å². The number of carboxylic acids is 1. The smallest absolute Gasteiger partial charge is 0.311 e. The minimum Gasteiger partial charge on any atom is -0.481 e. The minimum absolute atomic E-state index is 0.0921. The van der Waals surface area contributed by atoms with Gasteiger partial charge in [-0.2, -0.15) is 0 Å². The van der Waals surface area contributed by atoms with E-state index in [0.717, 1.165) is 6.07 Å². The van der Waals surface area contributed by atoms with Crippen LogP contribution in [-0.2, 0) is 11.2 Å². The summed E-state index contributed by atoms with van der Waals surface area (Å²) in [5, 5.41) is 9.59. The number of benzene rings is 2. The van der Waals surface area contributed by atoms with Gasteiger partial charge in [0.25, 0.3) is 0 Å². The Labute approximate surface area is 119 Å². The number of carbonyl (C=O) groups is 1. The van der Waals surface area contributed by atoms with E-state index in [0.29, 0.717) is 5.02 Å². The molecule has 1 unspecified atom stereocenters. The summed E-state index contributed by atoms with van der Waals surface area (Å²) in [4.78, 5) is 11.3. The Bertz CT molecular complexity index is 644. The van der Waals surface area contributed by atoms with E-state index in [1.165, 1.54) is 36.4 Å². The van der Waals surface area contributed by atoms with E-state index in [2.05, 4.69) is 0 Å².